The van der Waals surface area contributed by atoms with Crippen LogP contribution < -0.4 is 10.3 Å². The minimum absolute atomic E-state index is 0.152. The average molecular weight is 607 g/mol. The Morgan fingerprint density at radius 1 is 1.08 bits per heavy atom. The molecule has 1 aliphatic carbocycles. The molecule has 0 bridgehead atoms. The van der Waals surface area contributed by atoms with Crippen LogP contribution in [0.25, 0.3) is 10.9 Å². The highest BCUT2D eigenvalue weighted by Crippen LogP contribution is 2.32. The number of nitrogens with zero attached hydrogens (tertiary/aromatic N) is 3. The van der Waals surface area contributed by atoms with Gasteiger partial charge in [-0.1, -0.05) is 43.5 Å². The highest BCUT2D eigenvalue weighted by atomic mass is 127. The van der Waals surface area contributed by atoms with E-state index in [0.717, 1.165) is 46.2 Å². The van der Waals surface area contributed by atoms with E-state index in [9.17, 15) is 14.7 Å². The van der Waals surface area contributed by atoms with Gasteiger partial charge >= 0.3 is 5.97 Å². The number of hydrogen-bond acceptors (Lipinski definition) is 5. The first kappa shape index (κ1) is 25.1. The van der Waals surface area contributed by atoms with Gasteiger partial charge in [0.15, 0.2) is 0 Å². The molecule has 37 heavy (non-hydrogen) atoms. The largest absolute Gasteiger partial charge is 0.488 e. The molecule has 1 aliphatic rings. The van der Waals surface area contributed by atoms with E-state index in [1.54, 1.807) is 30.5 Å². The fourth-order valence-electron chi connectivity index (χ4n) is 4.67. The molecule has 1 aromatic heterocycles. The molecule has 1 heterocycles. The molecule has 0 atom stereocenters. The van der Waals surface area contributed by atoms with Gasteiger partial charge in [-0.25, -0.2) is 9.78 Å². The van der Waals surface area contributed by atoms with Crippen LogP contribution in [0.3, 0.4) is 0 Å². The van der Waals surface area contributed by atoms with Gasteiger partial charge in [-0.2, -0.15) is 9.78 Å². The zero-order chi connectivity index (χ0) is 25.8. The second-order valence-electron chi connectivity index (χ2n) is 9.17. The lowest BCUT2D eigenvalue weighted by Gasteiger charge is -2.22. The lowest BCUT2D eigenvalue weighted by molar-refractivity contribution is 0.0696. The molecular weight excluding hydrogens is 581 g/mol. The summed E-state index contributed by atoms with van der Waals surface area (Å²) in [6.07, 6.45) is 7.20. The molecule has 0 saturated heterocycles. The monoisotopic (exact) mass is 607 g/mol. The Balaban J connectivity index is 1.39. The zero-order valence-corrected chi connectivity index (χ0v) is 22.3. The van der Waals surface area contributed by atoms with Gasteiger partial charge in [-0.15, -0.1) is 0 Å². The van der Waals surface area contributed by atoms with Gasteiger partial charge in [0.25, 0.3) is 5.56 Å². The first-order chi connectivity index (χ1) is 18.0. The quantitative estimate of drug-likeness (QED) is 0.199. The third kappa shape index (κ3) is 5.74. The normalized spacial score (nSPS) is 14.3. The molecule has 0 unspecified atom stereocenters. The van der Waals surface area contributed by atoms with Crippen LogP contribution in [0.15, 0.2) is 76.6 Å². The van der Waals surface area contributed by atoms with Gasteiger partial charge in [0.05, 0.1) is 26.3 Å². The minimum Gasteiger partial charge on any atom is -0.488 e. The highest BCUT2D eigenvalue weighted by molar-refractivity contribution is 14.1. The second-order valence-corrected chi connectivity index (χ2v) is 10.3. The van der Waals surface area contributed by atoms with Gasteiger partial charge in [0.2, 0.25) is 0 Å². The van der Waals surface area contributed by atoms with E-state index in [4.69, 9.17) is 9.72 Å². The van der Waals surface area contributed by atoms with Crippen LogP contribution in [-0.2, 0) is 6.61 Å². The Labute approximate surface area is 228 Å². The van der Waals surface area contributed by atoms with E-state index in [-0.39, 0.29) is 23.6 Å². The Morgan fingerprint density at radius 2 is 1.89 bits per heavy atom. The topological polar surface area (TPSA) is 93.8 Å². The van der Waals surface area contributed by atoms with Crippen molar-refractivity contribution in [2.75, 3.05) is 0 Å². The summed E-state index contributed by atoms with van der Waals surface area (Å²) in [4.78, 5) is 29.4. The molecule has 0 amide bonds. The van der Waals surface area contributed by atoms with Crippen molar-refractivity contribution in [1.29, 1.82) is 0 Å². The first-order valence-corrected chi connectivity index (χ1v) is 13.4. The zero-order valence-electron chi connectivity index (χ0n) is 20.1. The standard InChI is InChI=1S/C29H26IN3O4/c30-24-16-19(13-14-26(24)37-18-20-7-6-10-22(15-20)29(35)36)17-31-33-27(21-8-2-1-3-9-21)32-25-12-5-4-11-23(25)28(33)34/h4-7,10-17,21H,1-3,8-9,18H2,(H,35,36). The number of para-hydroxylation sites is 1. The SMILES string of the molecule is O=C(O)c1cccc(COc2ccc(C=Nn3c(C4CCCCC4)nc4ccccc4c3=O)cc2I)c1. The van der Waals surface area contributed by atoms with Gasteiger partial charge in [-0.05, 0) is 89.0 Å². The summed E-state index contributed by atoms with van der Waals surface area (Å²) in [6, 6.07) is 19.8. The summed E-state index contributed by atoms with van der Waals surface area (Å²) >= 11 is 2.20. The lowest BCUT2D eigenvalue weighted by Crippen LogP contribution is -2.25. The molecule has 188 valence electrons. The van der Waals surface area contributed by atoms with Gasteiger partial charge in [0, 0.05) is 5.92 Å². The Hall–Kier alpha value is -3.53. The predicted molar refractivity (Wildman–Crippen MR) is 152 cm³/mol. The molecule has 5 rings (SSSR count). The van der Waals surface area contributed by atoms with Gasteiger partial charge < -0.3 is 9.84 Å². The minimum atomic E-state index is -0.965. The third-order valence-corrected chi connectivity index (χ3v) is 7.44. The number of halogens is 1. The molecule has 3 aromatic carbocycles. The number of carboxylic acids is 1. The van der Waals surface area contributed by atoms with E-state index in [1.165, 1.54) is 11.1 Å². The predicted octanol–water partition coefficient (Wildman–Crippen LogP) is 6.21. The molecule has 1 saturated carbocycles. The van der Waals surface area contributed by atoms with E-state index in [0.29, 0.717) is 16.7 Å². The van der Waals surface area contributed by atoms with Crippen molar-refractivity contribution < 1.29 is 14.6 Å². The summed E-state index contributed by atoms with van der Waals surface area (Å²) in [7, 11) is 0. The van der Waals surface area contributed by atoms with Crippen LogP contribution in [0.4, 0.5) is 0 Å². The summed E-state index contributed by atoms with van der Waals surface area (Å²) in [5, 5.41) is 14.4. The number of aromatic nitrogens is 2. The number of aromatic carboxylic acids is 1. The van der Waals surface area contributed by atoms with Crippen LogP contribution in [0.1, 0.15) is 65.3 Å². The maximum absolute atomic E-state index is 13.4. The van der Waals surface area contributed by atoms with E-state index in [1.807, 2.05) is 42.5 Å². The summed E-state index contributed by atoms with van der Waals surface area (Å²) < 4.78 is 8.29. The van der Waals surface area contributed by atoms with Crippen molar-refractivity contribution >= 4 is 45.7 Å². The van der Waals surface area contributed by atoms with Crippen molar-refractivity contribution in [3.05, 3.63) is 103 Å². The summed E-state index contributed by atoms with van der Waals surface area (Å²) in [5.74, 6) is 0.676. The van der Waals surface area contributed by atoms with Crippen LogP contribution in [0, 0.1) is 3.57 Å². The molecule has 8 heteroatoms. The first-order valence-electron chi connectivity index (χ1n) is 12.3. The number of benzene rings is 3. The molecular formula is C29H26IN3O4. The van der Waals surface area contributed by atoms with Crippen LogP contribution in [-0.4, -0.2) is 27.0 Å². The van der Waals surface area contributed by atoms with Crippen LogP contribution in [0.5, 0.6) is 5.75 Å². The number of ether oxygens (including phenoxy) is 1. The molecule has 7 nitrogen and oxygen atoms in total. The number of hydrogen-bond donors (Lipinski definition) is 1. The Morgan fingerprint density at radius 3 is 2.68 bits per heavy atom. The average Bonchev–Trinajstić information content (AvgIpc) is 2.92. The van der Waals surface area contributed by atoms with Crippen molar-refractivity contribution in [2.24, 2.45) is 5.10 Å². The molecule has 0 radical (unpaired) electrons. The van der Waals surface area contributed by atoms with Gasteiger partial charge in [-0.3, -0.25) is 4.79 Å². The number of fused-ring (bicyclic) bond motifs is 1. The second kappa shape index (κ2) is 11.2. The molecule has 0 spiro atoms. The molecule has 1 N–H and O–H groups in total. The molecule has 0 aliphatic heterocycles. The molecule has 4 aromatic rings. The van der Waals surface area contributed by atoms with Crippen molar-refractivity contribution in [3.8, 4) is 5.75 Å². The lowest BCUT2D eigenvalue weighted by atomic mass is 9.88. The van der Waals surface area contributed by atoms with Crippen LogP contribution >= 0.6 is 22.6 Å². The fourth-order valence-corrected chi connectivity index (χ4v) is 5.37. The number of carbonyl (C=O) groups is 1. The van der Waals surface area contributed by atoms with E-state index >= 15 is 0 Å². The Kier molecular flexibility index (Phi) is 7.64. The molecule has 1 fully saturated rings. The fraction of sp³-hybridized carbons (Fsp3) is 0.241. The number of rotatable bonds is 7. The van der Waals surface area contributed by atoms with Crippen molar-refractivity contribution in [1.82, 2.24) is 9.66 Å². The maximum Gasteiger partial charge on any atom is 0.335 e. The number of carboxylic acid groups (broad SMARTS) is 1. The van der Waals surface area contributed by atoms with Crippen molar-refractivity contribution in [2.45, 2.75) is 44.6 Å². The van der Waals surface area contributed by atoms with Gasteiger partial charge in [0.1, 0.15) is 18.2 Å². The van der Waals surface area contributed by atoms with Crippen molar-refractivity contribution in [3.63, 3.8) is 0 Å². The Bertz CT molecular complexity index is 1540. The van der Waals surface area contributed by atoms with Crippen LogP contribution in [0.2, 0.25) is 0 Å². The maximum atomic E-state index is 13.4. The summed E-state index contributed by atoms with van der Waals surface area (Å²) in [6.45, 7) is 0.257. The third-order valence-electron chi connectivity index (χ3n) is 6.60. The highest BCUT2D eigenvalue weighted by Gasteiger charge is 2.22. The van der Waals surface area contributed by atoms with E-state index in [2.05, 4.69) is 27.7 Å². The van der Waals surface area contributed by atoms with E-state index < -0.39 is 5.97 Å². The smallest absolute Gasteiger partial charge is 0.335 e. The summed E-state index contributed by atoms with van der Waals surface area (Å²) in [5.41, 5.74) is 2.40.